The van der Waals surface area contributed by atoms with Crippen LogP contribution in [0.5, 0.6) is 11.5 Å². The van der Waals surface area contributed by atoms with Crippen LogP contribution in [0.3, 0.4) is 0 Å². The van der Waals surface area contributed by atoms with Gasteiger partial charge in [-0.05, 0) is 42.0 Å². The standard InChI is InChI=1S/C23H24N4OS2/c1-16(2)12-17-15-29-23(24)27(17)22-21(28-18-6-4-3-5-7-18)13-20(14-26-22)30-19-8-10-25-11-9-19/h3-11,13-16,23H,12,24H2,1-2H3. The minimum Gasteiger partial charge on any atom is -0.453 e. The lowest BCUT2D eigenvalue weighted by atomic mass is 10.1. The highest BCUT2D eigenvalue weighted by Crippen LogP contribution is 2.42. The average molecular weight is 437 g/mol. The lowest BCUT2D eigenvalue weighted by molar-refractivity contribution is 0.477. The molecule has 3 heterocycles. The van der Waals surface area contributed by atoms with Gasteiger partial charge in [-0.15, -0.1) is 0 Å². The first kappa shape index (κ1) is 20.8. The van der Waals surface area contributed by atoms with E-state index in [0.717, 1.165) is 27.8 Å². The first-order chi connectivity index (χ1) is 14.6. The van der Waals surface area contributed by atoms with Crippen LogP contribution in [-0.2, 0) is 0 Å². The van der Waals surface area contributed by atoms with Crippen molar-refractivity contribution in [1.82, 2.24) is 9.97 Å². The number of para-hydroxylation sites is 1. The summed E-state index contributed by atoms with van der Waals surface area (Å²) in [5.74, 6) is 2.71. The van der Waals surface area contributed by atoms with E-state index in [4.69, 9.17) is 15.5 Å². The molecule has 1 aromatic carbocycles. The number of nitrogens with two attached hydrogens (primary N) is 1. The molecule has 0 radical (unpaired) electrons. The molecule has 0 amide bonds. The number of thioether (sulfide) groups is 1. The van der Waals surface area contributed by atoms with Crippen molar-refractivity contribution >= 4 is 29.3 Å². The zero-order valence-corrected chi connectivity index (χ0v) is 18.6. The molecule has 7 heteroatoms. The number of nitrogens with zero attached hydrogens (tertiary/aromatic N) is 3. The Morgan fingerprint density at radius 3 is 2.63 bits per heavy atom. The number of ether oxygens (including phenoxy) is 1. The predicted molar refractivity (Wildman–Crippen MR) is 125 cm³/mol. The molecular formula is C23H24N4OS2. The van der Waals surface area contributed by atoms with Crippen molar-refractivity contribution in [1.29, 1.82) is 0 Å². The summed E-state index contributed by atoms with van der Waals surface area (Å²) in [6.07, 6.45) is 6.38. The van der Waals surface area contributed by atoms with Gasteiger partial charge in [-0.25, -0.2) is 4.98 Å². The van der Waals surface area contributed by atoms with Crippen LogP contribution in [0.15, 0.2) is 88.0 Å². The SMILES string of the molecule is CC(C)CC1=CSC(N)N1c1ncc(Sc2ccncc2)cc1Oc1ccccc1. The number of rotatable bonds is 7. The zero-order valence-electron chi connectivity index (χ0n) is 16.9. The molecule has 1 unspecified atom stereocenters. The van der Waals surface area contributed by atoms with E-state index in [1.807, 2.05) is 54.7 Å². The summed E-state index contributed by atoms with van der Waals surface area (Å²) in [6, 6.07) is 15.8. The number of anilines is 1. The van der Waals surface area contributed by atoms with Gasteiger partial charge in [0.2, 0.25) is 0 Å². The van der Waals surface area contributed by atoms with Crippen LogP contribution in [0, 0.1) is 5.92 Å². The van der Waals surface area contributed by atoms with Crippen LogP contribution >= 0.6 is 23.5 Å². The molecular weight excluding hydrogens is 412 g/mol. The Bertz CT molecular complexity index is 1010. The molecule has 0 fully saturated rings. The number of hydrogen-bond acceptors (Lipinski definition) is 7. The Morgan fingerprint density at radius 1 is 1.13 bits per heavy atom. The van der Waals surface area contributed by atoms with Crippen LogP contribution < -0.4 is 15.4 Å². The first-order valence-electron chi connectivity index (χ1n) is 9.80. The van der Waals surface area contributed by atoms with Gasteiger partial charge >= 0.3 is 0 Å². The van der Waals surface area contributed by atoms with E-state index < -0.39 is 0 Å². The van der Waals surface area contributed by atoms with Crippen LogP contribution in [0.4, 0.5) is 5.82 Å². The van der Waals surface area contributed by atoms with Crippen LogP contribution in [-0.4, -0.2) is 15.5 Å². The van der Waals surface area contributed by atoms with E-state index in [0.29, 0.717) is 11.7 Å². The fraction of sp³-hybridized carbons (Fsp3) is 0.217. The summed E-state index contributed by atoms with van der Waals surface area (Å²) in [7, 11) is 0. The van der Waals surface area contributed by atoms with Gasteiger partial charge in [-0.1, -0.05) is 55.6 Å². The summed E-state index contributed by atoms with van der Waals surface area (Å²) in [6.45, 7) is 4.41. The average Bonchev–Trinajstić information content (AvgIpc) is 3.09. The monoisotopic (exact) mass is 436 g/mol. The lowest BCUT2D eigenvalue weighted by Crippen LogP contribution is -2.36. The van der Waals surface area contributed by atoms with Gasteiger partial charge in [0.15, 0.2) is 11.6 Å². The van der Waals surface area contributed by atoms with Crippen molar-refractivity contribution in [3.8, 4) is 11.5 Å². The third kappa shape index (κ3) is 4.98. The molecule has 1 aliphatic heterocycles. The highest BCUT2D eigenvalue weighted by Gasteiger charge is 2.29. The van der Waals surface area contributed by atoms with Gasteiger partial charge in [-0.3, -0.25) is 4.98 Å². The Labute approximate surface area is 185 Å². The van der Waals surface area contributed by atoms with Gasteiger partial charge in [-0.2, -0.15) is 0 Å². The lowest BCUT2D eigenvalue weighted by Gasteiger charge is -2.28. The molecule has 0 aliphatic carbocycles. The quantitative estimate of drug-likeness (QED) is 0.480. The molecule has 154 valence electrons. The van der Waals surface area contributed by atoms with E-state index in [1.54, 1.807) is 35.9 Å². The molecule has 0 spiro atoms. The van der Waals surface area contributed by atoms with Crippen LogP contribution in [0.2, 0.25) is 0 Å². The van der Waals surface area contributed by atoms with Crippen molar-refractivity contribution in [2.75, 3.05) is 4.90 Å². The molecule has 0 saturated heterocycles. The number of allylic oxidation sites excluding steroid dienone is 1. The Morgan fingerprint density at radius 2 is 1.90 bits per heavy atom. The van der Waals surface area contributed by atoms with E-state index in [2.05, 4.69) is 29.1 Å². The maximum absolute atomic E-state index is 6.43. The number of benzene rings is 1. The molecule has 1 atom stereocenters. The highest BCUT2D eigenvalue weighted by molar-refractivity contribution is 8.03. The maximum atomic E-state index is 6.43. The summed E-state index contributed by atoms with van der Waals surface area (Å²) in [5.41, 5.74) is 7.38. The molecule has 5 nitrogen and oxygen atoms in total. The number of aromatic nitrogens is 2. The smallest absolute Gasteiger partial charge is 0.178 e. The second-order valence-electron chi connectivity index (χ2n) is 7.30. The minimum absolute atomic E-state index is 0.219. The second-order valence-corrected chi connectivity index (χ2v) is 9.43. The van der Waals surface area contributed by atoms with Crippen molar-refractivity contribution in [2.45, 2.75) is 35.6 Å². The van der Waals surface area contributed by atoms with E-state index in [9.17, 15) is 0 Å². The molecule has 30 heavy (non-hydrogen) atoms. The van der Waals surface area contributed by atoms with Crippen molar-refractivity contribution in [3.63, 3.8) is 0 Å². The predicted octanol–water partition coefficient (Wildman–Crippen LogP) is 6.10. The first-order valence-corrected chi connectivity index (χ1v) is 11.6. The van der Waals surface area contributed by atoms with Gasteiger partial charge in [0.1, 0.15) is 11.2 Å². The molecule has 3 aromatic rings. The van der Waals surface area contributed by atoms with Crippen LogP contribution in [0.25, 0.3) is 0 Å². The van der Waals surface area contributed by atoms with Gasteiger partial charge in [0.25, 0.3) is 0 Å². The summed E-state index contributed by atoms with van der Waals surface area (Å²) < 4.78 is 6.28. The minimum atomic E-state index is -0.219. The van der Waals surface area contributed by atoms with Gasteiger partial charge < -0.3 is 15.4 Å². The van der Waals surface area contributed by atoms with Crippen molar-refractivity contribution < 1.29 is 4.74 Å². The van der Waals surface area contributed by atoms with Crippen LogP contribution in [0.1, 0.15) is 20.3 Å². The zero-order chi connectivity index (χ0) is 20.9. The van der Waals surface area contributed by atoms with E-state index >= 15 is 0 Å². The number of hydrogen-bond donors (Lipinski definition) is 1. The molecule has 0 saturated carbocycles. The summed E-state index contributed by atoms with van der Waals surface area (Å²) in [4.78, 5) is 13.1. The van der Waals surface area contributed by atoms with Crippen molar-refractivity contribution in [3.05, 3.63) is 78.2 Å². The molecule has 2 N–H and O–H groups in total. The summed E-state index contributed by atoms with van der Waals surface area (Å²) >= 11 is 3.23. The highest BCUT2D eigenvalue weighted by atomic mass is 32.2. The number of pyridine rings is 2. The second kappa shape index (κ2) is 9.55. The Hall–Kier alpha value is -2.48. The van der Waals surface area contributed by atoms with E-state index in [1.165, 1.54) is 5.70 Å². The summed E-state index contributed by atoms with van der Waals surface area (Å²) in [5, 5.41) is 2.14. The van der Waals surface area contributed by atoms with Crippen molar-refractivity contribution in [2.24, 2.45) is 11.7 Å². The normalized spacial score (nSPS) is 16.1. The van der Waals surface area contributed by atoms with Gasteiger partial charge in [0, 0.05) is 40.1 Å². The third-order valence-corrected chi connectivity index (χ3v) is 6.28. The maximum Gasteiger partial charge on any atom is 0.178 e. The van der Waals surface area contributed by atoms with Gasteiger partial charge in [0.05, 0.1) is 0 Å². The fourth-order valence-electron chi connectivity index (χ4n) is 3.14. The molecule has 4 rings (SSSR count). The Balaban J connectivity index is 1.70. The topological polar surface area (TPSA) is 64.3 Å². The fourth-order valence-corrected chi connectivity index (χ4v) is 4.80. The molecule has 2 aromatic heterocycles. The molecule has 0 bridgehead atoms. The molecule has 1 aliphatic rings. The third-order valence-electron chi connectivity index (χ3n) is 4.42. The Kier molecular flexibility index (Phi) is 6.62. The largest absolute Gasteiger partial charge is 0.453 e. The van der Waals surface area contributed by atoms with E-state index in [-0.39, 0.29) is 5.50 Å².